The topological polar surface area (TPSA) is 76.5 Å². The second kappa shape index (κ2) is 10.8. The number of amidine groups is 1. The summed E-state index contributed by atoms with van der Waals surface area (Å²) in [5, 5.41) is 11.6. The first-order chi connectivity index (χ1) is 15.3. The van der Waals surface area contributed by atoms with Crippen LogP contribution in [0.25, 0.3) is 0 Å². The SMILES string of the molecule is CC1=C(N(C)C(=N)SCC(=O)N2CCC[C@H]2C(=O)N[C@@H](C)c2ccc(F)cc2)C=CCC1. The van der Waals surface area contributed by atoms with E-state index in [2.05, 4.69) is 18.3 Å². The van der Waals surface area contributed by atoms with Gasteiger partial charge in [0.2, 0.25) is 11.8 Å². The van der Waals surface area contributed by atoms with Crippen molar-refractivity contribution >= 4 is 28.7 Å². The zero-order valence-electron chi connectivity index (χ0n) is 18.9. The summed E-state index contributed by atoms with van der Waals surface area (Å²) in [6, 6.07) is 5.24. The summed E-state index contributed by atoms with van der Waals surface area (Å²) in [4.78, 5) is 29.1. The van der Waals surface area contributed by atoms with Crippen molar-refractivity contribution in [1.82, 2.24) is 15.1 Å². The molecule has 3 rings (SSSR count). The second-order valence-corrected chi connectivity index (χ2v) is 9.25. The van der Waals surface area contributed by atoms with Crippen LogP contribution in [0.15, 0.2) is 47.7 Å². The van der Waals surface area contributed by atoms with E-state index < -0.39 is 6.04 Å². The first-order valence-electron chi connectivity index (χ1n) is 10.9. The fourth-order valence-electron chi connectivity index (χ4n) is 4.06. The molecule has 0 saturated carbocycles. The Hall–Kier alpha value is -2.61. The number of amides is 2. The number of nitrogens with one attached hydrogen (secondary N) is 2. The Morgan fingerprint density at radius 3 is 2.75 bits per heavy atom. The number of hydrogen-bond acceptors (Lipinski definition) is 4. The van der Waals surface area contributed by atoms with Gasteiger partial charge in [-0.15, -0.1) is 0 Å². The summed E-state index contributed by atoms with van der Waals surface area (Å²) < 4.78 is 13.1. The van der Waals surface area contributed by atoms with Gasteiger partial charge in [-0.3, -0.25) is 15.0 Å². The fourth-order valence-corrected chi connectivity index (χ4v) is 4.78. The Bertz CT molecular complexity index is 928. The molecular formula is C24H31FN4O2S. The Morgan fingerprint density at radius 1 is 1.34 bits per heavy atom. The molecular weight excluding hydrogens is 427 g/mol. The van der Waals surface area contributed by atoms with Gasteiger partial charge in [-0.05, 0) is 68.9 Å². The molecule has 2 atom stereocenters. The van der Waals surface area contributed by atoms with E-state index >= 15 is 0 Å². The van der Waals surface area contributed by atoms with Crippen LogP contribution in [-0.2, 0) is 9.59 Å². The predicted octanol–water partition coefficient (Wildman–Crippen LogP) is 4.22. The summed E-state index contributed by atoms with van der Waals surface area (Å²) in [6.45, 7) is 4.45. The molecule has 0 unspecified atom stereocenters. The van der Waals surface area contributed by atoms with Gasteiger partial charge >= 0.3 is 0 Å². The third-order valence-corrected chi connectivity index (χ3v) is 6.94. The van der Waals surface area contributed by atoms with Crippen LogP contribution in [0.1, 0.15) is 51.1 Å². The van der Waals surface area contributed by atoms with E-state index in [-0.39, 0.29) is 29.4 Å². The first-order valence-corrected chi connectivity index (χ1v) is 11.9. The van der Waals surface area contributed by atoms with Gasteiger partial charge in [-0.1, -0.05) is 30.0 Å². The summed E-state index contributed by atoms with van der Waals surface area (Å²) in [5.74, 6) is -0.529. The van der Waals surface area contributed by atoms with Crippen LogP contribution in [-0.4, -0.2) is 52.2 Å². The minimum absolute atomic E-state index is 0.122. The number of halogens is 1. The van der Waals surface area contributed by atoms with E-state index in [1.807, 2.05) is 24.9 Å². The molecule has 1 aliphatic heterocycles. The lowest BCUT2D eigenvalue weighted by Gasteiger charge is -2.27. The molecule has 32 heavy (non-hydrogen) atoms. The number of hydrogen-bond donors (Lipinski definition) is 2. The molecule has 0 aromatic heterocycles. The normalized spacial score (nSPS) is 19.1. The van der Waals surface area contributed by atoms with E-state index in [1.165, 1.54) is 29.5 Å². The Labute approximate surface area is 193 Å². The highest BCUT2D eigenvalue weighted by Crippen LogP contribution is 2.24. The van der Waals surface area contributed by atoms with E-state index in [9.17, 15) is 14.0 Å². The Morgan fingerprint density at radius 2 is 2.06 bits per heavy atom. The van der Waals surface area contributed by atoms with Crippen LogP contribution in [0.5, 0.6) is 0 Å². The van der Waals surface area contributed by atoms with Crippen LogP contribution in [0, 0.1) is 11.2 Å². The number of likely N-dealkylation sites (N-methyl/N-ethyl adjacent to an activating group) is 1. The van der Waals surface area contributed by atoms with Gasteiger partial charge < -0.3 is 15.1 Å². The van der Waals surface area contributed by atoms with Crippen LogP contribution in [0.3, 0.4) is 0 Å². The fraction of sp³-hybridized carbons (Fsp3) is 0.458. The molecule has 1 heterocycles. The van der Waals surface area contributed by atoms with E-state index in [0.717, 1.165) is 30.5 Å². The maximum Gasteiger partial charge on any atom is 0.243 e. The predicted molar refractivity (Wildman–Crippen MR) is 127 cm³/mol. The first kappa shape index (κ1) is 24.0. The number of allylic oxidation sites excluding steroid dienone is 3. The molecule has 0 bridgehead atoms. The van der Waals surface area contributed by atoms with Crippen molar-refractivity contribution in [1.29, 1.82) is 5.41 Å². The number of likely N-dealkylation sites (tertiary alicyclic amines) is 1. The van der Waals surface area contributed by atoms with E-state index in [0.29, 0.717) is 18.1 Å². The van der Waals surface area contributed by atoms with Gasteiger partial charge in [0.1, 0.15) is 11.9 Å². The van der Waals surface area contributed by atoms with Gasteiger partial charge in [0, 0.05) is 19.3 Å². The number of thioether (sulfide) groups is 1. The minimum atomic E-state index is -0.510. The zero-order valence-corrected chi connectivity index (χ0v) is 19.7. The zero-order chi connectivity index (χ0) is 23.3. The van der Waals surface area contributed by atoms with Crippen molar-refractivity contribution in [3.8, 4) is 0 Å². The highest BCUT2D eigenvalue weighted by Gasteiger charge is 2.34. The molecule has 172 valence electrons. The third-order valence-electron chi connectivity index (χ3n) is 6.00. The van der Waals surface area contributed by atoms with Gasteiger partial charge in [-0.25, -0.2) is 4.39 Å². The number of benzene rings is 1. The standard InChI is InChI=1S/C24H31FN4O2S/c1-16-7-4-5-8-20(16)28(3)24(26)32-15-22(30)29-14-6-9-21(29)23(31)27-17(2)18-10-12-19(25)13-11-18/h5,8,10-13,17,21,26H,4,6-7,9,14-15H2,1-3H3,(H,27,31)/t17-,21-/m0/s1. The molecule has 1 aromatic carbocycles. The lowest BCUT2D eigenvalue weighted by atomic mass is 10.0. The van der Waals surface area contributed by atoms with Crippen molar-refractivity contribution in [3.63, 3.8) is 0 Å². The summed E-state index contributed by atoms with van der Waals surface area (Å²) in [6.07, 6.45) is 7.51. The maximum atomic E-state index is 13.1. The molecule has 6 nitrogen and oxygen atoms in total. The molecule has 1 aromatic rings. The summed E-state index contributed by atoms with van der Waals surface area (Å²) in [7, 11) is 1.84. The molecule has 1 fully saturated rings. The average Bonchev–Trinajstić information content (AvgIpc) is 3.28. The van der Waals surface area contributed by atoms with E-state index in [1.54, 1.807) is 17.0 Å². The van der Waals surface area contributed by atoms with Crippen molar-refractivity contribution in [2.24, 2.45) is 0 Å². The van der Waals surface area contributed by atoms with Crippen LogP contribution >= 0.6 is 11.8 Å². The van der Waals surface area contributed by atoms with Crippen molar-refractivity contribution in [2.75, 3.05) is 19.3 Å². The highest BCUT2D eigenvalue weighted by molar-refractivity contribution is 8.14. The maximum absolute atomic E-state index is 13.1. The van der Waals surface area contributed by atoms with Gasteiger partial charge in [0.15, 0.2) is 5.17 Å². The Kier molecular flexibility index (Phi) is 8.12. The van der Waals surface area contributed by atoms with Crippen LogP contribution in [0.4, 0.5) is 4.39 Å². The lowest BCUT2D eigenvalue weighted by Crippen LogP contribution is -2.47. The van der Waals surface area contributed by atoms with Gasteiger partial charge in [-0.2, -0.15) is 0 Å². The number of carbonyl (C=O) groups is 2. The van der Waals surface area contributed by atoms with Crippen LogP contribution < -0.4 is 5.32 Å². The third kappa shape index (κ3) is 5.79. The van der Waals surface area contributed by atoms with Crippen LogP contribution in [0.2, 0.25) is 0 Å². The molecule has 2 N–H and O–H groups in total. The van der Waals surface area contributed by atoms with Crippen molar-refractivity contribution in [2.45, 2.75) is 51.6 Å². The smallest absolute Gasteiger partial charge is 0.243 e. The molecule has 1 saturated heterocycles. The van der Waals surface area contributed by atoms with Gasteiger partial charge in [0.25, 0.3) is 0 Å². The minimum Gasteiger partial charge on any atom is -0.348 e. The summed E-state index contributed by atoms with van der Waals surface area (Å²) in [5.41, 5.74) is 3.05. The quantitative estimate of drug-likeness (QED) is 0.494. The monoisotopic (exact) mass is 458 g/mol. The Balaban J connectivity index is 1.54. The number of nitrogens with zero attached hydrogens (tertiary/aromatic N) is 2. The van der Waals surface area contributed by atoms with Crippen molar-refractivity contribution in [3.05, 3.63) is 59.1 Å². The number of carbonyl (C=O) groups excluding carboxylic acids is 2. The number of rotatable bonds is 6. The average molecular weight is 459 g/mol. The van der Waals surface area contributed by atoms with E-state index in [4.69, 9.17) is 5.41 Å². The molecule has 0 spiro atoms. The molecule has 0 radical (unpaired) electrons. The highest BCUT2D eigenvalue weighted by atomic mass is 32.2. The molecule has 8 heteroatoms. The molecule has 2 amide bonds. The molecule has 2 aliphatic rings. The largest absolute Gasteiger partial charge is 0.348 e. The second-order valence-electron chi connectivity index (χ2n) is 8.29. The van der Waals surface area contributed by atoms with Gasteiger partial charge in [0.05, 0.1) is 11.8 Å². The summed E-state index contributed by atoms with van der Waals surface area (Å²) >= 11 is 1.18. The van der Waals surface area contributed by atoms with Crippen molar-refractivity contribution < 1.29 is 14.0 Å². The lowest BCUT2D eigenvalue weighted by molar-refractivity contribution is -0.136. The molecule has 1 aliphatic carbocycles.